The lowest BCUT2D eigenvalue weighted by Gasteiger charge is -2.14. The highest BCUT2D eigenvalue weighted by atomic mass is 32.2. The molecular weight excluding hydrogens is 500 g/mol. The number of ether oxygens (including phenoxy) is 3. The molecule has 0 aromatic heterocycles. The fourth-order valence-electron chi connectivity index (χ4n) is 3.40. The van der Waals surface area contributed by atoms with E-state index in [9.17, 15) is 14.9 Å². The van der Waals surface area contributed by atoms with Crippen LogP contribution in [0.1, 0.15) is 12.5 Å². The molecule has 3 aromatic carbocycles. The number of carbonyl (C=O) groups is 1. The summed E-state index contributed by atoms with van der Waals surface area (Å²) in [5.74, 6) is 1.42. The van der Waals surface area contributed by atoms with E-state index in [0.29, 0.717) is 33.1 Å². The number of carbonyl (C=O) groups excluding carboxylic acids is 1. The Morgan fingerprint density at radius 1 is 0.972 bits per heavy atom. The lowest BCUT2D eigenvalue weighted by molar-refractivity contribution is -0.384. The van der Waals surface area contributed by atoms with Gasteiger partial charge >= 0.3 is 0 Å². The largest absolute Gasteiger partial charge is 0.490 e. The lowest BCUT2D eigenvalue weighted by atomic mass is 10.1. The number of thioether (sulfide) groups is 1. The molecule has 1 aliphatic rings. The first kappa shape index (κ1) is 25.2. The van der Waals surface area contributed by atoms with Crippen LogP contribution in [0.4, 0.5) is 11.4 Å². The molecular formula is C26H22N2O6S2. The van der Waals surface area contributed by atoms with Crippen LogP contribution in [0.25, 0.3) is 6.08 Å². The minimum Gasteiger partial charge on any atom is -0.490 e. The standard InChI is InChI=1S/C26H22N2O6S2/c1-2-32-23-16-18(17-24-25(29)27(26(35)36-24)19-6-4-3-5-7-19)8-13-22(23)34-15-14-33-21-11-9-20(10-12-21)28(30)31/h3-13,16-17H,2,14-15H2,1H3. The zero-order valence-electron chi connectivity index (χ0n) is 19.3. The predicted octanol–water partition coefficient (Wildman–Crippen LogP) is 5.86. The summed E-state index contributed by atoms with van der Waals surface area (Å²) in [5, 5.41) is 10.7. The molecule has 0 atom stereocenters. The van der Waals surface area contributed by atoms with Gasteiger partial charge in [0.05, 0.1) is 22.1 Å². The van der Waals surface area contributed by atoms with Crippen LogP contribution < -0.4 is 19.1 Å². The molecule has 0 N–H and O–H groups in total. The van der Waals surface area contributed by atoms with Crippen molar-refractivity contribution in [2.75, 3.05) is 24.7 Å². The third kappa shape index (κ3) is 6.02. The quantitative estimate of drug-likeness (QED) is 0.108. The monoisotopic (exact) mass is 522 g/mol. The second-order valence-corrected chi connectivity index (χ2v) is 9.12. The van der Waals surface area contributed by atoms with Gasteiger partial charge in [-0.3, -0.25) is 19.8 Å². The van der Waals surface area contributed by atoms with Gasteiger partial charge in [-0.2, -0.15) is 0 Å². The number of thiocarbonyl (C=S) groups is 1. The van der Waals surface area contributed by atoms with Gasteiger partial charge in [0.25, 0.3) is 11.6 Å². The number of hydrogen-bond acceptors (Lipinski definition) is 8. The normalized spacial score (nSPS) is 14.2. The van der Waals surface area contributed by atoms with Crippen molar-refractivity contribution in [2.24, 2.45) is 0 Å². The van der Waals surface area contributed by atoms with E-state index >= 15 is 0 Å². The molecule has 0 radical (unpaired) electrons. The van der Waals surface area contributed by atoms with Crippen LogP contribution in [0, 0.1) is 10.1 Å². The molecule has 184 valence electrons. The maximum absolute atomic E-state index is 13.0. The van der Waals surface area contributed by atoms with Crippen molar-refractivity contribution in [3.63, 3.8) is 0 Å². The first-order valence-corrected chi connectivity index (χ1v) is 12.3. The van der Waals surface area contributed by atoms with E-state index in [2.05, 4.69) is 0 Å². The number of amides is 1. The molecule has 4 rings (SSSR count). The Labute approximate surface area is 217 Å². The van der Waals surface area contributed by atoms with Crippen molar-refractivity contribution in [3.8, 4) is 17.2 Å². The van der Waals surface area contributed by atoms with Gasteiger partial charge in [-0.1, -0.05) is 48.2 Å². The van der Waals surface area contributed by atoms with Crippen molar-refractivity contribution in [2.45, 2.75) is 6.92 Å². The second kappa shape index (κ2) is 11.7. The summed E-state index contributed by atoms with van der Waals surface area (Å²) in [5.41, 5.74) is 1.52. The average molecular weight is 523 g/mol. The number of rotatable bonds is 10. The van der Waals surface area contributed by atoms with Crippen LogP contribution in [-0.2, 0) is 4.79 Å². The van der Waals surface area contributed by atoms with Crippen LogP contribution in [0.2, 0.25) is 0 Å². The van der Waals surface area contributed by atoms with E-state index in [1.165, 1.54) is 28.8 Å². The summed E-state index contributed by atoms with van der Waals surface area (Å²) in [6, 6.07) is 20.6. The van der Waals surface area contributed by atoms with Gasteiger partial charge in [-0.05, 0) is 55.0 Å². The van der Waals surface area contributed by atoms with Crippen molar-refractivity contribution in [3.05, 3.63) is 93.4 Å². The van der Waals surface area contributed by atoms with Crippen LogP contribution >= 0.6 is 24.0 Å². The Hall–Kier alpha value is -3.89. The maximum atomic E-state index is 13.0. The summed E-state index contributed by atoms with van der Waals surface area (Å²) >= 11 is 6.69. The first-order chi connectivity index (χ1) is 17.5. The van der Waals surface area contributed by atoms with Gasteiger partial charge in [0, 0.05) is 12.1 Å². The number of hydrogen-bond donors (Lipinski definition) is 0. The molecule has 8 nitrogen and oxygen atoms in total. The van der Waals surface area contributed by atoms with Crippen molar-refractivity contribution >= 4 is 51.7 Å². The van der Waals surface area contributed by atoms with Crippen molar-refractivity contribution < 1.29 is 23.9 Å². The topological polar surface area (TPSA) is 91.1 Å². The molecule has 1 amide bonds. The molecule has 10 heteroatoms. The summed E-state index contributed by atoms with van der Waals surface area (Å²) in [4.78, 5) is 25.3. The highest BCUT2D eigenvalue weighted by Gasteiger charge is 2.33. The van der Waals surface area contributed by atoms with Crippen LogP contribution in [0.15, 0.2) is 77.7 Å². The Bertz CT molecular complexity index is 1300. The molecule has 1 heterocycles. The molecule has 0 spiro atoms. The molecule has 0 bridgehead atoms. The number of anilines is 1. The third-order valence-corrected chi connectivity index (χ3v) is 6.33. The molecule has 1 fully saturated rings. The summed E-state index contributed by atoms with van der Waals surface area (Å²) < 4.78 is 17.6. The summed E-state index contributed by atoms with van der Waals surface area (Å²) in [6.45, 7) is 2.80. The fourth-order valence-corrected chi connectivity index (χ4v) is 4.69. The maximum Gasteiger partial charge on any atom is 0.270 e. The van der Waals surface area contributed by atoms with E-state index in [4.69, 9.17) is 26.4 Å². The van der Waals surface area contributed by atoms with Crippen molar-refractivity contribution in [1.29, 1.82) is 0 Å². The molecule has 0 saturated carbocycles. The van der Waals surface area contributed by atoms with E-state index in [-0.39, 0.29) is 24.8 Å². The van der Waals surface area contributed by atoms with Crippen LogP contribution in [0.3, 0.4) is 0 Å². The number of nitrogens with zero attached hydrogens (tertiary/aromatic N) is 2. The average Bonchev–Trinajstić information content (AvgIpc) is 3.16. The highest BCUT2D eigenvalue weighted by Crippen LogP contribution is 2.37. The molecule has 0 aliphatic carbocycles. The van der Waals surface area contributed by atoms with Crippen molar-refractivity contribution in [1.82, 2.24) is 0 Å². The molecule has 36 heavy (non-hydrogen) atoms. The Morgan fingerprint density at radius 2 is 1.69 bits per heavy atom. The second-order valence-electron chi connectivity index (χ2n) is 7.44. The van der Waals surface area contributed by atoms with Gasteiger partial charge in [-0.25, -0.2) is 0 Å². The third-order valence-electron chi connectivity index (χ3n) is 5.03. The summed E-state index contributed by atoms with van der Waals surface area (Å²) in [6.07, 6.45) is 1.78. The smallest absolute Gasteiger partial charge is 0.270 e. The number of nitro benzene ring substituents is 1. The number of para-hydroxylation sites is 1. The van der Waals surface area contributed by atoms with Crippen LogP contribution in [-0.4, -0.2) is 35.0 Å². The molecule has 1 saturated heterocycles. The predicted molar refractivity (Wildman–Crippen MR) is 144 cm³/mol. The van der Waals surface area contributed by atoms with Gasteiger partial charge in [0.2, 0.25) is 0 Å². The van der Waals surface area contributed by atoms with E-state index in [1.807, 2.05) is 49.4 Å². The fraction of sp³-hybridized carbons (Fsp3) is 0.154. The zero-order chi connectivity index (χ0) is 25.5. The van der Waals surface area contributed by atoms with E-state index < -0.39 is 4.92 Å². The minimum atomic E-state index is -0.462. The first-order valence-electron chi connectivity index (χ1n) is 11.1. The number of nitro groups is 1. The summed E-state index contributed by atoms with van der Waals surface area (Å²) in [7, 11) is 0. The zero-order valence-corrected chi connectivity index (χ0v) is 20.9. The van der Waals surface area contributed by atoms with Gasteiger partial charge in [0.15, 0.2) is 15.8 Å². The molecule has 0 unspecified atom stereocenters. The number of benzene rings is 3. The Kier molecular flexibility index (Phi) is 8.19. The lowest BCUT2D eigenvalue weighted by Crippen LogP contribution is -2.27. The van der Waals surface area contributed by atoms with Gasteiger partial charge < -0.3 is 14.2 Å². The molecule has 1 aliphatic heterocycles. The highest BCUT2D eigenvalue weighted by molar-refractivity contribution is 8.27. The minimum absolute atomic E-state index is 0.00214. The van der Waals surface area contributed by atoms with Gasteiger partial charge in [-0.15, -0.1) is 0 Å². The molecule has 3 aromatic rings. The number of non-ortho nitro benzene ring substituents is 1. The van der Waals surface area contributed by atoms with Crippen LogP contribution in [0.5, 0.6) is 17.2 Å². The van der Waals surface area contributed by atoms with E-state index in [1.54, 1.807) is 24.3 Å². The Morgan fingerprint density at radius 3 is 2.39 bits per heavy atom. The van der Waals surface area contributed by atoms with Gasteiger partial charge in [0.1, 0.15) is 19.0 Å². The SMILES string of the molecule is CCOc1cc(C=C2SC(=S)N(c3ccccc3)C2=O)ccc1OCCOc1ccc([N+](=O)[O-])cc1. The van der Waals surface area contributed by atoms with E-state index in [0.717, 1.165) is 11.3 Å². The Balaban J connectivity index is 1.41.